The van der Waals surface area contributed by atoms with E-state index in [1.54, 1.807) is 18.0 Å². The highest BCUT2D eigenvalue weighted by molar-refractivity contribution is 5.42. The number of nitrogens with zero attached hydrogens (tertiary/aromatic N) is 2. The van der Waals surface area contributed by atoms with Crippen LogP contribution in [0.5, 0.6) is 5.75 Å². The van der Waals surface area contributed by atoms with E-state index in [0.717, 1.165) is 17.9 Å². The maximum atomic E-state index is 8.89. The van der Waals surface area contributed by atoms with E-state index < -0.39 is 0 Å². The quantitative estimate of drug-likeness (QED) is 0.815. The van der Waals surface area contributed by atoms with Gasteiger partial charge in [0.05, 0.1) is 38.2 Å². The molecular formula is C15H21N3O2. The molecule has 1 aromatic heterocycles. The molecule has 0 bridgehead atoms. The third-order valence-corrected chi connectivity index (χ3v) is 3.23. The third-order valence-electron chi connectivity index (χ3n) is 3.23. The van der Waals surface area contributed by atoms with Gasteiger partial charge in [0.2, 0.25) is 0 Å². The Morgan fingerprint density at radius 2 is 2.10 bits per heavy atom. The van der Waals surface area contributed by atoms with E-state index in [0.29, 0.717) is 6.54 Å². The number of aliphatic hydroxyl groups is 1. The van der Waals surface area contributed by atoms with E-state index in [2.05, 4.69) is 29.5 Å². The number of aromatic nitrogens is 2. The Bertz CT molecular complexity index is 522. The second kappa shape index (κ2) is 6.96. The molecule has 20 heavy (non-hydrogen) atoms. The van der Waals surface area contributed by atoms with Gasteiger partial charge < -0.3 is 15.2 Å². The molecule has 0 fully saturated rings. The minimum Gasteiger partial charge on any atom is -0.497 e. The molecule has 0 saturated heterocycles. The van der Waals surface area contributed by atoms with Crippen LogP contribution in [0.15, 0.2) is 36.7 Å². The number of hydrogen-bond acceptors (Lipinski definition) is 4. The zero-order chi connectivity index (χ0) is 14.4. The van der Waals surface area contributed by atoms with E-state index in [-0.39, 0.29) is 12.6 Å². The molecule has 2 aromatic rings. The van der Waals surface area contributed by atoms with Crippen molar-refractivity contribution in [3.05, 3.63) is 42.2 Å². The lowest BCUT2D eigenvalue weighted by molar-refractivity contribution is 0.269. The number of anilines is 1. The largest absolute Gasteiger partial charge is 0.497 e. The van der Waals surface area contributed by atoms with Gasteiger partial charge in [-0.25, -0.2) is 0 Å². The minimum absolute atomic E-state index is 0.0941. The molecule has 0 radical (unpaired) electrons. The maximum absolute atomic E-state index is 8.89. The van der Waals surface area contributed by atoms with Crippen molar-refractivity contribution in [3.63, 3.8) is 0 Å². The first-order valence-electron chi connectivity index (χ1n) is 6.80. The summed E-state index contributed by atoms with van der Waals surface area (Å²) in [7, 11) is 1.67. The number of benzene rings is 1. The van der Waals surface area contributed by atoms with E-state index in [1.807, 2.05) is 18.3 Å². The molecule has 0 spiro atoms. The zero-order valence-corrected chi connectivity index (χ0v) is 11.9. The first kappa shape index (κ1) is 14.4. The molecule has 2 N–H and O–H groups in total. The van der Waals surface area contributed by atoms with Gasteiger partial charge in [0, 0.05) is 6.20 Å². The topological polar surface area (TPSA) is 59.3 Å². The fraction of sp³-hybridized carbons (Fsp3) is 0.400. The van der Waals surface area contributed by atoms with Crippen LogP contribution in [0.1, 0.15) is 24.9 Å². The van der Waals surface area contributed by atoms with Crippen molar-refractivity contribution in [2.45, 2.75) is 25.9 Å². The predicted molar refractivity (Wildman–Crippen MR) is 79.0 cm³/mol. The molecular weight excluding hydrogens is 254 g/mol. The summed E-state index contributed by atoms with van der Waals surface area (Å²) in [6.45, 7) is 2.75. The minimum atomic E-state index is 0.0941. The molecule has 0 aliphatic rings. The molecule has 0 aliphatic carbocycles. The van der Waals surface area contributed by atoms with Gasteiger partial charge in [0.25, 0.3) is 0 Å². The van der Waals surface area contributed by atoms with E-state index in [1.165, 1.54) is 5.56 Å². The van der Waals surface area contributed by atoms with Gasteiger partial charge in [-0.3, -0.25) is 4.68 Å². The molecule has 5 heteroatoms. The smallest absolute Gasteiger partial charge is 0.118 e. The average molecular weight is 275 g/mol. The zero-order valence-electron chi connectivity index (χ0n) is 11.9. The molecule has 0 amide bonds. The summed E-state index contributed by atoms with van der Waals surface area (Å²) in [6, 6.07) is 8.30. The Hall–Kier alpha value is -2.01. The number of hydrogen-bond donors (Lipinski definition) is 2. The van der Waals surface area contributed by atoms with Crippen molar-refractivity contribution >= 4 is 5.69 Å². The summed E-state index contributed by atoms with van der Waals surface area (Å²) in [5.74, 6) is 0.861. The molecule has 1 atom stereocenters. The van der Waals surface area contributed by atoms with Crippen LogP contribution in [0.4, 0.5) is 5.69 Å². The van der Waals surface area contributed by atoms with Crippen LogP contribution in [0.3, 0.4) is 0 Å². The predicted octanol–water partition coefficient (Wildman–Crippen LogP) is 2.45. The summed E-state index contributed by atoms with van der Waals surface area (Å²) in [6.07, 6.45) is 4.65. The highest BCUT2D eigenvalue weighted by atomic mass is 16.5. The highest BCUT2D eigenvalue weighted by Crippen LogP contribution is 2.24. The summed E-state index contributed by atoms with van der Waals surface area (Å²) < 4.78 is 6.90. The fourth-order valence-corrected chi connectivity index (χ4v) is 2.12. The number of nitrogens with one attached hydrogen (secondary N) is 1. The second-order valence-corrected chi connectivity index (χ2v) is 4.59. The van der Waals surface area contributed by atoms with Gasteiger partial charge in [-0.2, -0.15) is 5.10 Å². The average Bonchev–Trinajstić information content (AvgIpc) is 2.93. The van der Waals surface area contributed by atoms with E-state index in [9.17, 15) is 0 Å². The molecule has 1 aromatic carbocycles. The van der Waals surface area contributed by atoms with Gasteiger partial charge in [-0.15, -0.1) is 0 Å². The van der Waals surface area contributed by atoms with Crippen LogP contribution in [0.2, 0.25) is 0 Å². The fourth-order valence-electron chi connectivity index (χ4n) is 2.12. The van der Waals surface area contributed by atoms with Crippen molar-refractivity contribution < 1.29 is 9.84 Å². The second-order valence-electron chi connectivity index (χ2n) is 4.59. The van der Waals surface area contributed by atoms with Crippen LogP contribution in [0.25, 0.3) is 0 Å². The number of rotatable bonds is 7. The Kier molecular flexibility index (Phi) is 5.01. The standard InChI is InChI=1S/C15H21N3O2/c1-3-15(12-4-6-14(20-2)7-5-12)17-13-10-16-18(11-13)8-9-19/h4-7,10-11,15,17,19H,3,8-9H2,1-2H3. The molecule has 0 aliphatic heterocycles. The summed E-state index contributed by atoms with van der Waals surface area (Å²) in [5, 5.41) is 16.5. The van der Waals surface area contributed by atoms with Crippen molar-refractivity contribution in [3.8, 4) is 5.75 Å². The highest BCUT2D eigenvalue weighted by Gasteiger charge is 2.10. The molecule has 2 rings (SSSR count). The van der Waals surface area contributed by atoms with Gasteiger partial charge >= 0.3 is 0 Å². The van der Waals surface area contributed by atoms with Crippen LogP contribution >= 0.6 is 0 Å². The summed E-state index contributed by atoms with van der Waals surface area (Å²) in [4.78, 5) is 0. The lowest BCUT2D eigenvalue weighted by atomic mass is 10.0. The Labute approximate surface area is 119 Å². The van der Waals surface area contributed by atoms with Gasteiger partial charge in [0.15, 0.2) is 0 Å². The van der Waals surface area contributed by atoms with Crippen molar-refractivity contribution in [1.82, 2.24) is 9.78 Å². The van der Waals surface area contributed by atoms with Crippen molar-refractivity contribution in [2.24, 2.45) is 0 Å². The number of methoxy groups -OCH3 is 1. The monoisotopic (exact) mass is 275 g/mol. The number of aliphatic hydroxyl groups excluding tert-OH is 1. The van der Waals surface area contributed by atoms with Crippen molar-refractivity contribution in [1.29, 1.82) is 0 Å². The Balaban J connectivity index is 2.06. The first-order valence-corrected chi connectivity index (χ1v) is 6.80. The molecule has 1 unspecified atom stereocenters. The lowest BCUT2D eigenvalue weighted by Gasteiger charge is -2.17. The van der Waals surface area contributed by atoms with Gasteiger partial charge in [-0.05, 0) is 24.1 Å². The molecule has 5 nitrogen and oxygen atoms in total. The van der Waals surface area contributed by atoms with E-state index >= 15 is 0 Å². The van der Waals surface area contributed by atoms with Gasteiger partial charge in [0.1, 0.15) is 5.75 Å². The summed E-state index contributed by atoms with van der Waals surface area (Å²) >= 11 is 0. The summed E-state index contributed by atoms with van der Waals surface area (Å²) in [5.41, 5.74) is 2.17. The SMILES string of the molecule is CCC(Nc1cnn(CCO)c1)c1ccc(OC)cc1. The molecule has 1 heterocycles. The first-order chi connectivity index (χ1) is 9.76. The van der Waals surface area contributed by atoms with Crippen LogP contribution < -0.4 is 10.1 Å². The van der Waals surface area contributed by atoms with Gasteiger partial charge in [-0.1, -0.05) is 19.1 Å². The lowest BCUT2D eigenvalue weighted by Crippen LogP contribution is -2.09. The maximum Gasteiger partial charge on any atom is 0.118 e. The third kappa shape index (κ3) is 3.51. The van der Waals surface area contributed by atoms with Crippen LogP contribution in [0, 0.1) is 0 Å². The van der Waals surface area contributed by atoms with Crippen molar-refractivity contribution in [2.75, 3.05) is 19.0 Å². The Morgan fingerprint density at radius 1 is 1.35 bits per heavy atom. The molecule has 0 saturated carbocycles. The van der Waals surface area contributed by atoms with Crippen LogP contribution in [-0.2, 0) is 6.54 Å². The normalized spacial score (nSPS) is 12.2. The Morgan fingerprint density at radius 3 is 2.70 bits per heavy atom. The van der Waals surface area contributed by atoms with E-state index in [4.69, 9.17) is 9.84 Å². The number of ether oxygens (including phenoxy) is 1. The van der Waals surface area contributed by atoms with Crippen LogP contribution in [-0.4, -0.2) is 28.6 Å². The molecule has 108 valence electrons.